The van der Waals surface area contributed by atoms with Gasteiger partial charge in [-0.3, -0.25) is 4.79 Å². The number of piperazine rings is 1. The normalized spacial score (nSPS) is 15.7. The van der Waals surface area contributed by atoms with Crippen molar-refractivity contribution in [1.82, 2.24) is 9.21 Å². The maximum Gasteiger partial charge on any atom is 0.246 e. The van der Waals surface area contributed by atoms with Crippen LogP contribution in [0.5, 0.6) is 5.75 Å². The van der Waals surface area contributed by atoms with Crippen LogP contribution in [-0.4, -0.2) is 56.8 Å². The molecule has 0 N–H and O–H groups in total. The van der Waals surface area contributed by atoms with E-state index < -0.39 is 10.0 Å². The Hall–Kier alpha value is -2.35. The molecular formula is C20H21ClN2O4S. The average Bonchev–Trinajstić information content (AvgIpc) is 2.73. The summed E-state index contributed by atoms with van der Waals surface area (Å²) in [4.78, 5) is 14.2. The van der Waals surface area contributed by atoms with E-state index in [-0.39, 0.29) is 23.9 Å². The molecular weight excluding hydrogens is 400 g/mol. The molecule has 148 valence electrons. The zero-order valence-corrected chi connectivity index (χ0v) is 17.0. The predicted octanol–water partition coefficient (Wildman–Crippen LogP) is 2.89. The minimum atomic E-state index is -3.59. The van der Waals surface area contributed by atoms with Crippen molar-refractivity contribution in [2.75, 3.05) is 33.3 Å². The fraction of sp³-hybridized carbons (Fsp3) is 0.250. The Balaban J connectivity index is 1.61. The van der Waals surface area contributed by atoms with Crippen LogP contribution in [0.2, 0.25) is 5.02 Å². The summed E-state index contributed by atoms with van der Waals surface area (Å²) in [6.45, 7) is 1.17. The summed E-state index contributed by atoms with van der Waals surface area (Å²) in [7, 11) is -2.06. The van der Waals surface area contributed by atoms with Crippen LogP contribution in [0.1, 0.15) is 5.56 Å². The molecule has 2 aromatic carbocycles. The maximum atomic E-state index is 12.8. The van der Waals surface area contributed by atoms with E-state index in [9.17, 15) is 13.2 Å². The van der Waals surface area contributed by atoms with Gasteiger partial charge in [0, 0.05) is 37.3 Å². The van der Waals surface area contributed by atoms with Gasteiger partial charge in [0.05, 0.1) is 12.0 Å². The van der Waals surface area contributed by atoms with E-state index in [2.05, 4.69) is 0 Å². The molecule has 28 heavy (non-hydrogen) atoms. The van der Waals surface area contributed by atoms with Gasteiger partial charge in [0.2, 0.25) is 15.9 Å². The lowest BCUT2D eigenvalue weighted by molar-refractivity contribution is -0.127. The summed E-state index contributed by atoms with van der Waals surface area (Å²) in [6.07, 6.45) is 3.14. The predicted molar refractivity (Wildman–Crippen MR) is 109 cm³/mol. The molecule has 0 radical (unpaired) electrons. The summed E-state index contributed by atoms with van der Waals surface area (Å²) in [5.74, 6) is 0.432. The SMILES string of the molecule is COc1ccc(S(=O)(=O)N2CCN(C(=O)/C=C/c3ccccc3Cl)CC2)cc1. The number of amides is 1. The van der Waals surface area contributed by atoms with Crippen molar-refractivity contribution in [2.24, 2.45) is 0 Å². The van der Waals surface area contributed by atoms with Crippen molar-refractivity contribution in [2.45, 2.75) is 4.90 Å². The Bertz CT molecular complexity index is 966. The van der Waals surface area contributed by atoms with Gasteiger partial charge < -0.3 is 9.64 Å². The first-order valence-corrected chi connectivity index (χ1v) is 10.6. The van der Waals surface area contributed by atoms with Crippen molar-refractivity contribution in [1.29, 1.82) is 0 Å². The van der Waals surface area contributed by atoms with E-state index in [4.69, 9.17) is 16.3 Å². The van der Waals surface area contributed by atoms with Crippen LogP contribution >= 0.6 is 11.6 Å². The van der Waals surface area contributed by atoms with Crippen LogP contribution in [0.15, 0.2) is 59.5 Å². The number of carbonyl (C=O) groups is 1. The third-order valence-electron chi connectivity index (χ3n) is 4.56. The first kappa shape index (κ1) is 20.4. The number of sulfonamides is 1. The van der Waals surface area contributed by atoms with E-state index in [1.807, 2.05) is 18.2 Å². The highest BCUT2D eigenvalue weighted by atomic mass is 35.5. The minimum absolute atomic E-state index is 0.165. The molecule has 0 unspecified atom stereocenters. The average molecular weight is 421 g/mol. The molecule has 0 bridgehead atoms. The Kier molecular flexibility index (Phi) is 6.39. The van der Waals surface area contributed by atoms with Gasteiger partial charge in [0.1, 0.15) is 5.75 Å². The van der Waals surface area contributed by atoms with Crippen LogP contribution in [-0.2, 0) is 14.8 Å². The minimum Gasteiger partial charge on any atom is -0.497 e. The highest BCUT2D eigenvalue weighted by Crippen LogP contribution is 2.21. The molecule has 0 saturated carbocycles. The fourth-order valence-electron chi connectivity index (χ4n) is 2.92. The fourth-order valence-corrected chi connectivity index (χ4v) is 4.54. The van der Waals surface area contributed by atoms with Crippen molar-refractivity contribution >= 4 is 33.6 Å². The van der Waals surface area contributed by atoms with Gasteiger partial charge in [0.25, 0.3) is 0 Å². The van der Waals surface area contributed by atoms with Crippen molar-refractivity contribution in [3.05, 3.63) is 65.2 Å². The topological polar surface area (TPSA) is 66.9 Å². The van der Waals surface area contributed by atoms with E-state index in [0.29, 0.717) is 23.9 Å². The Labute approximate surface area is 170 Å². The summed E-state index contributed by atoms with van der Waals surface area (Å²) < 4.78 is 32.0. The largest absolute Gasteiger partial charge is 0.497 e. The molecule has 1 saturated heterocycles. The molecule has 3 rings (SSSR count). The van der Waals surface area contributed by atoms with E-state index in [1.165, 1.54) is 29.6 Å². The molecule has 1 aliphatic rings. The Morgan fingerprint density at radius 3 is 2.29 bits per heavy atom. The molecule has 0 atom stereocenters. The number of nitrogens with zero attached hydrogens (tertiary/aromatic N) is 2. The monoisotopic (exact) mass is 420 g/mol. The van der Waals surface area contributed by atoms with Crippen LogP contribution in [0, 0.1) is 0 Å². The van der Waals surface area contributed by atoms with Gasteiger partial charge in [-0.05, 0) is 42.0 Å². The summed E-state index contributed by atoms with van der Waals surface area (Å²) in [5, 5.41) is 0.571. The highest BCUT2D eigenvalue weighted by molar-refractivity contribution is 7.89. The van der Waals surface area contributed by atoms with Crippen LogP contribution < -0.4 is 4.74 Å². The van der Waals surface area contributed by atoms with Crippen molar-refractivity contribution < 1.29 is 17.9 Å². The summed E-state index contributed by atoms with van der Waals surface area (Å²) >= 11 is 6.08. The van der Waals surface area contributed by atoms with E-state index in [1.54, 1.807) is 29.2 Å². The Morgan fingerprint density at radius 2 is 1.68 bits per heavy atom. The summed E-state index contributed by atoms with van der Waals surface area (Å²) in [6, 6.07) is 13.5. The second-order valence-corrected chi connectivity index (χ2v) is 8.60. The lowest BCUT2D eigenvalue weighted by Gasteiger charge is -2.33. The number of hydrogen-bond acceptors (Lipinski definition) is 4. The molecule has 2 aromatic rings. The van der Waals surface area contributed by atoms with Crippen molar-refractivity contribution in [3.8, 4) is 5.75 Å². The lowest BCUT2D eigenvalue weighted by atomic mass is 10.2. The maximum absolute atomic E-state index is 12.8. The van der Waals surface area contributed by atoms with E-state index in [0.717, 1.165) is 5.56 Å². The molecule has 8 heteroatoms. The molecule has 0 spiro atoms. The van der Waals surface area contributed by atoms with Gasteiger partial charge in [0.15, 0.2) is 0 Å². The zero-order chi connectivity index (χ0) is 20.1. The number of hydrogen-bond donors (Lipinski definition) is 0. The molecule has 6 nitrogen and oxygen atoms in total. The second kappa shape index (κ2) is 8.77. The first-order chi connectivity index (χ1) is 13.4. The number of halogens is 1. The summed E-state index contributed by atoms with van der Waals surface area (Å²) in [5.41, 5.74) is 0.762. The molecule has 1 amide bonds. The third kappa shape index (κ3) is 4.55. The van der Waals surface area contributed by atoms with Crippen LogP contribution in [0.3, 0.4) is 0 Å². The molecule has 0 aliphatic carbocycles. The number of carbonyl (C=O) groups excluding carboxylic acids is 1. The number of benzene rings is 2. The molecule has 1 heterocycles. The van der Waals surface area contributed by atoms with Crippen LogP contribution in [0.4, 0.5) is 0 Å². The number of ether oxygens (including phenoxy) is 1. The number of methoxy groups -OCH3 is 1. The van der Waals surface area contributed by atoms with E-state index >= 15 is 0 Å². The smallest absolute Gasteiger partial charge is 0.246 e. The van der Waals surface area contributed by atoms with Gasteiger partial charge in [-0.2, -0.15) is 4.31 Å². The van der Waals surface area contributed by atoms with Crippen LogP contribution in [0.25, 0.3) is 6.08 Å². The van der Waals surface area contributed by atoms with Gasteiger partial charge in [-0.1, -0.05) is 29.8 Å². The highest BCUT2D eigenvalue weighted by Gasteiger charge is 2.29. The zero-order valence-electron chi connectivity index (χ0n) is 15.4. The van der Waals surface area contributed by atoms with Gasteiger partial charge in [-0.25, -0.2) is 8.42 Å². The molecule has 0 aromatic heterocycles. The molecule has 1 fully saturated rings. The first-order valence-electron chi connectivity index (χ1n) is 8.77. The van der Waals surface area contributed by atoms with Gasteiger partial charge in [-0.15, -0.1) is 0 Å². The Morgan fingerprint density at radius 1 is 1.04 bits per heavy atom. The lowest BCUT2D eigenvalue weighted by Crippen LogP contribution is -2.50. The second-order valence-electron chi connectivity index (χ2n) is 6.26. The molecule has 1 aliphatic heterocycles. The third-order valence-corrected chi connectivity index (χ3v) is 6.82. The number of rotatable bonds is 5. The van der Waals surface area contributed by atoms with Crippen molar-refractivity contribution in [3.63, 3.8) is 0 Å². The van der Waals surface area contributed by atoms with Gasteiger partial charge >= 0.3 is 0 Å². The standard InChI is InChI=1S/C20H21ClN2O4S/c1-27-17-7-9-18(10-8-17)28(25,26)23-14-12-22(13-15-23)20(24)11-6-16-4-2-3-5-19(16)21/h2-11H,12-15H2,1H3/b11-6+. The quantitative estimate of drug-likeness (QED) is 0.697.